The van der Waals surface area contributed by atoms with Crippen molar-refractivity contribution >= 4 is 0 Å². The summed E-state index contributed by atoms with van der Waals surface area (Å²) in [5.74, 6) is 0. The van der Waals surface area contributed by atoms with Crippen LogP contribution in [-0.2, 0) is 4.74 Å². The third kappa shape index (κ3) is 4.09. The Balaban J connectivity index is 2.30. The van der Waals surface area contributed by atoms with Crippen molar-refractivity contribution in [2.45, 2.75) is 64.1 Å². The third-order valence-electron chi connectivity index (χ3n) is 3.36. The van der Waals surface area contributed by atoms with Crippen molar-refractivity contribution in [2.75, 3.05) is 13.2 Å². The van der Waals surface area contributed by atoms with E-state index in [-0.39, 0.29) is 12.1 Å². The maximum absolute atomic E-state index is 9.30. The molecule has 3 nitrogen and oxygen atoms in total. The van der Waals surface area contributed by atoms with E-state index in [2.05, 4.69) is 26.1 Å². The molecule has 0 aromatic rings. The molecule has 1 aliphatic rings. The van der Waals surface area contributed by atoms with E-state index in [1.54, 1.807) is 0 Å². The van der Waals surface area contributed by atoms with Crippen LogP contribution in [-0.4, -0.2) is 36.0 Å². The van der Waals surface area contributed by atoms with Gasteiger partial charge in [-0.15, -0.1) is 0 Å². The van der Waals surface area contributed by atoms with Gasteiger partial charge in [-0.25, -0.2) is 0 Å². The van der Waals surface area contributed by atoms with Crippen LogP contribution in [0.25, 0.3) is 0 Å². The highest BCUT2D eigenvalue weighted by Crippen LogP contribution is 2.18. The van der Waals surface area contributed by atoms with Crippen molar-refractivity contribution in [3.05, 3.63) is 0 Å². The molecule has 0 amide bonds. The fourth-order valence-corrected chi connectivity index (χ4v) is 2.14. The molecule has 15 heavy (non-hydrogen) atoms. The third-order valence-corrected chi connectivity index (χ3v) is 3.36. The smallest absolute Gasteiger partial charge is 0.0610 e. The predicted octanol–water partition coefficient (Wildman–Crippen LogP) is 1.69. The Morgan fingerprint density at radius 2 is 2.33 bits per heavy atom. The Morgan fingerprint density at radius 3 is 2.80 bits per heavy atom. The van der Waals surface area contributed by atoms with Crippen LogP contribution in [0.5, 0.6) is 0 Å². The summed E-state index contributed by atoms with van der Waals surface area (Å²) < 4.78 is 5.60. The Labute approximate surface area is 93.2 Å². The summed E-state index contributed by atoms with van der Waals surface area (Å²) in [5.41, 5.74) is -0.141. The molecule has 0 saturated carbocycles. The molecule has 0 aromatic heterocycles. The van der Waals surface area contributed by atoms with E-state index in [0.29, 0.717) is 12.1 Å². The first-order chi connectivity index (χ1) is 7.09. The van der Waals surface area contributed by atoms with Crippen molar-refractivity contribution in [1.82, 2.24) is 5.32 Å². The van der Waals surface area contributed by atoms with Crippen molar-refractivity contribution in [2.24, 2.45) is 0 Å². The molecule has 1 heterocycles. The molecule has 0 aliphatic carbocycles. The van der Waals surface area contributed by atoms with Gasteiger partial charge in [-0.3, -0.25) is 0 Å². The van der Waals surface area contributed by atoms with E-state index >= 15 is 0 Å². The van der Waals surface area contributed by atoms with Gasteiger partial charge in [0.2, 0.25) is 0 Å². The number of nitrogens with one attached hydrogen (secondary N) is 1. The first-order valence-electron chi connectivity index (χ1n) is 6.10. The van der Waals surface area contributed by atoms with Gasteiger partial charge < -0.3 is 15.2 Å². The van der Waals surface area contributed by atoms with Crippen LogP contribution in [0.1, 0.15) is 46.5 Å². The zero-order valence-electron chi connectivity index (χ0n) is 10.3. The molecule has 3 atom stereocenters. The number of rotatable bonds is 6. The van der Waals surface area contributed by atoms with Crippen molar-refractivity contribution in [1.29, 1.82) is 0 Å². The van der Waals surface area contributed by atoms with Gasteiger partial charge in [0.15, 0.2) is 0 Å². The predicted molar refractivity (Wildman–Crippen MR) is 62.0 cm³/mol. The van der Waals surface area contributed by atoms with Crippen LogP contribution < -0.4 is 5.32 Å². The van der Waals surface area contributed by atoms with Crippen LogP contribution in [0.4, 0.5) is 0 Å². The minimum Gasteiger partial charge on any atom is -0.394 e. The van der Waals surface area contributed by atoms with Gasteiger partial charge >= 0.3 is 0 Å². The zero-order valence-corrected chi connectivity index (χ0v) is 10.3. The van der Waals surface area contributed by atoms with Crippen LogP contribution in [0.2, 0.25) is 0 Å². The van der Waals surface area contributed by atoms with Gasteiger partial charge in [-0.05, 0) is 39.5 Å². The lowest BCUT2D eigenvalue weighted by Crippen LogP contribution is -2.50. The van der Waals surface area contributed by atoms with E-state index in [4.69, 9.17) is 4.74 Å². The molecule has 0 radical (unpaired) electrons. The molecule has 3 unspecified atom stereocenters. The Hall–Kier alpha value is -0.120. The van der Waals surface area contributed by atoms with Crippen molar-refractivity contribution in [3.8, 4) is 0 Å². The second kappa shape index (κ2) is 5.83. The largest absolute Gasteiger partial charge is 0.394 e. The highest BCUT2D eigenvalue weighted by Gasteiger charge is 2.25. The van der Waals surface area contributed by atoms with Gasteiger partial charge in [0, 0.05) is 18.2 Å². The maximum Gasteiger partial charge on any atom is 0.0610 e. The highest BCUT2D eigenvalue weighted by atomic mass is 16.5. The van der Waals surface area contributed by atoms with Crippen molar-refractivity contribution < 1.29 is 9.84 Å². The molecule has 2 N–H and O–H groups in total. The second-order valence-corrected chi connectivity index (χ2v) is 4.99. The summed E-state index contributed by atoms with van der Waals surface area (Å²) >= 11 is 0. The first kappa shape index (κ1) is 12.9. The maximum atomic E-state index is 9.30. The Kier molecular flexibility index (Phi) is 5.03. The van der Waals surface area contributed by atoms with Gasteiger partial charge in [0.1, 0.15) is 0 Å². The van der Waals surface area contributed by atoms with Gasteiger partial charge in [0.05, 0.1) is 12.7 Å². The monoisotopic (exact) mass is 215 g/mol. The van der Waals surface area contributed by atoms with E-state index in [1.165, 1.54) is 12.8 Å². The van der Waals surface area contributed by atoms with E-state index in [9.17, 15) is 5.11 Å². The van der Waals surface area contributed by atoms with Crippen LogP contribution in [0.3, 0.4) is 0 Å². The lowest BCUT2D eigenvalue weighted by molar-refractivity contribution is 0.0858. The zero-order chi connectivity index (χ0) is 11.3. The SMILES string of the molecule is CCC(C)(CO)NC(C)CC1CCCO1. The molecular formula is C12H25NO2. The summed E-state index contributed by atoms with van der Waals surface area (Å²) in [4.78, 5) is 0. The molecule has 0 aromatic carbocycles. The lowest BCUT2D eigenvalue weighted by atomic mass is 9.97. The molecule has 1 fully saturated rings. The average Bonchev–Trinajstić information content (AvgIpc) is 2.70. The van der Waals surface area contributed by atoms with Gasteiger partial charge in [-0.1, -0.05) is 6.92 Å². The fraction of sp³-hybridized carbons (Fsp3) is 1.00. The van der Waals surface area contributed by atoms with Crippen LogP contribution in [0.15, 0.2) is 0 Å². The number of hydrogen-bond donors (Lipinski definition) is 2. The normalized spacial score (nSPS) is 27.6. The number of ether oxygens (including phenoxy) is 1. The van der Waals surface area contributed by atoms with Gasteiger partial charge in [0.25, 0.3) is 0 Å². The first-order valence-corrected chi connectivity index (χ1v) is 6.10. The summed E-state index contributed by atoms with van der Waals surface area (Å²) in [7, 11) is 0. The molecule has 3 heteroatoms. The molecule has 90 valence electrons. The minimum absolute atomic E-state index is 0.141. The Morgan fingerprint density at radius 1 is 1.60 bits per heavy atom. The topological polar surface area (TPSA) is 41.5 Å². The summed E-state index contributed by atoms with van der Waals surface area (Å²) in [6, 6.07) is 0.408. The van der Waals surface area contributed by atoms with E-state index < -0.39 is 0 Å². The average molecular weight is 215 g/mol. The molecular weight excluding hydrogens is 190 g/mol. The van der Waals surface area contributed by atoms with Crippen LogP contribution in [0, 0.1) is 0 Å². The summed E-state index contributed by atoms with van der Waals surface area (Å²) in [5, 5.41) is 12.8. The second-order valence-electron chi connectivity index (χ2n) is 4.99. The number of aliphatic hydroxyl groups is 1. The number of hydrogen-bond acceptors (Lipinski definition) is 3. The molecule has 0 bridgehead atoms. The highest BCUT2D eigenvalue weighted by molar-refractivity contribution is 4.84. The molecule has 0 spiro atoms. The molecule has 1 saturated heterocycles. The fourth-order valence-electron chi connectivity index (χ4n) is 2.14. The molecule has 1 aliphatic heterocycles. The Bertz CT molecular complexity index is 174. The standard InChI is InChI=1S/C12H25NO2/c1-4-12(3,9-14)13-10(2)8-11-6-5-7-15-11/h10-11,13-14H,4-9H2,1-3H3. The van der Waals surface area contributed by atoms with Gasteiger partial charge in [-0.2, -0.15) is 0 Å². The van der Waals surface area contributed by atoms with Crippen LogP contribution >= 0.6 is 0 Å². The number of aliphatic hydroxyl groups excluding tert-OH is 1. The van der Waals surface area contributed by atoms with Crippen molar-refractivity contribution in [3.63, 3.8) is 0 Å². The van der Waals surface area contributed by atoms with E-state index in [1.807, 2.05) is 0 Å². The summed E-state index contributed by atoms with van der Waals surface area (Å²) in [6.07, 6.45) is 4.80. The van der Waals surface area contributed by atoms with E-state index in [0.717, 1.165) is 19.4 Å². The lowest BCUT2D eigenvalue weighted by Gasteiger charge is -2.32. The minimum atomic E-state index is -0.141. The molecule has 1 rings (SSSR count). The summed E-state index contributed by atoms with van der Waals surface area (Å²) in [6.45, 7) is 7.45. The quantitative estimate of drug-likeness (QED) is 0.708.